The van der Waals surface area contributed by atoms with E-state index in [1.807, 2.05) is 26.5 Å². The summed E-state index contributed by atoms with van der Waals surface area (Å²) in [6, 6.07) is 1.66. The van der Waals surface area contributed by atoms with Gasteiger partial charge in [-0.05, 0) is 12.3 Å². The summed E-state index contributed by atoms with van der Waals surface area (Å²) in [4.78, 5) is 18.2. The van der Waals surface area contributed by atoms with Crippen molar-refractivity contribution in [2.75, 3.05) is 18.9 Å². The van der Waals surface area contributed by atoms with Crippen molar-refractivity contribution in [3.63, 3.8) is 0 Å². The van der Waals surface area contributed by atoms with Gasteiger partial charge in [0.25, 0.3) is 0 Å². The molecular formula is C14H20N6O. The first-order valence-corrected chi connectivity index (χ1v) is 7.13. The van der Waals surface area contributed by atoms with Crippen LogP contribution in [-0.4, -0.2) is 43.9 Å². The predicted octanol–water partition coefficient (Wildman–Crippen LogP) is 1.34. The van der Waals surface area contributed by atoms with Crippen LogP contribution in [0.3, 0.4) is 0 Å². The molecule has 2 aromatic heterocycles. The van der Waals surface area contributed by atoms with Gasteiger partial charge in [0.1, 0.15) is 5.82 Å². The monoisotopic (exact) mass is 288 g/mol. The van der Waals surface area contributed by atoms with Gasteiger partial charge in [-0.1, -0.05) is 0 Å². The van der Waals surface area contributed by atoms with Gasteiger partial charge in [-0.3, -0.25) is 10.00 Å². The summed E-state index contributed by atoms with van der Waals surface area (Å²) in [5.74, 6) is 2.19. The van der Waals surface area contributed by atoms with Crippen LogP contribution in [0, 0.1) is 5.92 Å². The molecule has 21 heavy (non-hydrogen) atoms. The van der Waals surface area contributed by atoms with Gasteiger partial charge in [0, 0.05) is 58.3 Å². The minimum Gasteiger partial charge on any atom is -0.335 e. The Morgan fingerprint density at radius 2 is 2.38 bits per heavy atom. The Kier molecular flexibility index (Phi) is 3.64. The molecule has 0 spiro atoms. The number of carbonyl (C=O) groups excluding carboxylic acids is 1. The summed E-state index contributed by atoms with van der Waals surface area (Å²) in [5.41, 5.74) is 0. The van der Waals surface area contributed by atoms with Crippen molar-refractivity contribution in [1.82, 2.24) is 24.2 Å². The number of aromatic nitrogens is 4. The summed E-state index contributed by atoms with van der Waals surface area (Å²) < 4.78 is 3.84. The highest BCUT2D eigenvalue weighted by molar-refractivity contribution is 5.87. The molecule has 2 aromatic rings. The van der Waals surface area contributed by atoms with Crippen molar-refractivity contribution in [3.8, 4) is 0 Å². The van der Waals surface area contributed by atoms with Gasteiger partial charge >= 0.3 is 6.03 Å². The third kappa shape index (κ3) is 3.07. The highest BCUT2D eigenvalue weighted by Gasteiger charge is 2.22. The summed E-state index contributed by atoms with van der Waals surface area (Å²) >= 11 is 0. The molecule has 0 fully saturated rings. The fraction of sp³-hybridized carbons (Fsp3) is 0.500. The number of rotatable bonds is 3. The zero-order chi connectivity index (χ0) is 14.8. The lowest BCUT2D eigenvalue weighted by Crippen LogP contribution is -2.37. The smallest absolute Gasteiger partial charge is 0.322 e. The quantitative estimate of drug-likeness (QED) is 0.927. The second kappa shape index (κ2) is 5.59. The maximum absolute atomic E-state index is 12.1. The average Bonchev–Trinajstić information content (AvgIpc) is 3.07. The molecule has 7 nitrogen and oxygen atoms in total. The van der Waals surface area contributed by atoms with Crippen LogP contribution < -0.4 is 5.32 Å². The predicted molar refractivity (Wildman–Crippen MR) is 78.9 cm³/mol. The van der Waals surface area contributed by atoms with E-state index in [9.17, 15) is 4.79 Å². The number of carbonyl (C=O) groups is 1. The highest BCUT2D eigenvalue weighted by atomic mass is 16.2. The minimum absolute atomic E-state index is 0.120. The first-order valence-electron chi connectivity index (χ1n) is 7.13. The van der Waals surface area contributed by atoms with Crippen LogP contribution in [0.1, 0.15) is 12.2 Å². The van der Waals surface area contributed by atoms with Crippen molar-refractivity contribution in [2.45, 2.75) is 19.4 Å². The number of nitrogens with zero attached hydrogens (tertiary/aromatic N) is 5. The van der Waals surface area contributed by atoms with Crippen molar-refractivity contribution in [2.24, 2.45) is 13.0 Å². The van der Waals surface area contributed by atoms with E-state index in [0.717, 1.165) is 31.8 Å². The van der Waals surface area contributed by atoms with E-state index in [2.05, 4.69) is 20.0 Å². The van der Waals surface area contributed by atoms with Gasteiger partial charge < -0.3 is 9.47 Å². The molecule has 3 rings (SSSR count). The topological polar surface area (TPSA) is 68.0 Å². The number of amides is 2. The fourth-order valence-electron chi connectivity index (χ4n) is 2.74. The zero-order valence-electron chi connectivity index (χ0n) is 12.4. The second-order valence-corrected chi connectivity index (χ2v) is 5.59. The van der Waals surface area contributed by atoms with E-state index in [1.54, 1.807) is 21.8 Å². The molecule has 0 aliphatic carbocycles. The van der Waals surface area contributed by atoms with Gasteiger partial charge in [0.2, 0.25) is 0 Å². The van der Waals surface area contributed by atoms with E-state index >= 15 is 0 Å². The Bertz CT molecular complexity index is 631. The number of urea groups is 1. The molecule has 0 bridgehead atoms. The summed E-state index contributed by atoms with van der Waals surface area (Å²) in [6.07, 6.45) is 7.70. The van der Waals surface area contributed by atoms with Gasteiger partial charge in [0.15, 0.2) is 5.82 Å². The van der Waals surface area contributed by atoms with Crippen molar-refractivity contribution in [3.05, 3.63) is 30.5 Å². The van der Waals surface area contributed by atoms with E-state index in [0.29, 0.717) is 11.7 Å². The lowest BCUT2D eigenvalue weighted by molar-refractivity contribution is 0.205. The molecule has 1 aliphatic heterocycles. The number of hydrogen-bond donors (Lipinski definition) is 1. The molecule has 0 saturated heterocycles. The second-order valence-electron chi connectivity index (χ2n) is 5.59. The van der Waals surface area contributed by atoms with Crippen LogP contribution in [0.5, 0.6) is 0 Å². The number of nitrogens with one attached hydrogen (secondary N) is 1. The highest BCUT2D eigenvalue weighted by Crippen LogP contribution is 2.19. The van der Waals surface area contributed by atoms with Crippen molar-refractivity contribution < 1.29 is 4.79 Å². The first-order chi connectivity index (χ1) is 10.1. The summed E-state index contributed by atoms with van der Waals surface area (Å²) in [5, 5.41) is 6.95. The number of anilines is 1. The van der Waals surface area contributed by atoms with Crippen LogP contribution in [0.2, 0.25) is 0 Å². The number of fused-ring (bicyclic) bond motifs is 1. The van der Waals surface area contributed by atoms with E-state index in [4.69, 9.17) is 0 Å². The third-order valence-electron chi connectivity index (χ3n) is 3.86. The Labute approximate surface area is 123 Å². The van der Waals surface area contributed by atoms with Gasteiger partial charge in [0.05, 0.1) is 0 Å². The molecule has 2 amide bonds. The minimum atomic E-state index is -0.120. The van der Waals surface area contributed by atoms with Gasteiger partial charge in [-0.2, -0.15) is 5.10 Å². The molecule has 0 radical (unpaired) electrons. The van der Waals surface area contributed by atoms with Crippen molar-refractivity contribution >= 4 is 11.8 Å². The van der Waals surface area contributed by atoms with Crippen LogP contribution in [0.25, 0.3) is 0 Å². The molecule has 3 heterocycles. The Hall–Kier alpha value is -2.31. The average molecular weight is 288 g/mol. The standard InChI is InChI=1S/C14H20N6O/c1-18(14(21)16-12-5-7-19(2)17-12)9-11-3-4-13-15-6-8-20(13)10-11/h5-8,11H,3-4,9-10H2,1-2H3,(H,16,17,21)/t11-/m1/s1. The molecule has 1 N–H and O–H groups in total. The van der Waals surface area contributed by atoms with Crippen molar-refractivity contribution in [1.29, 1.82) is 0 Å². The molecule has 1 atom stereocenters. The maximum atomic E-state index is 12.1. The van der Waals surface area contributed by atoms with Crippen LogP contribution >= 0.6 is 0 Å². The first kappa shape index (κ1) is 13.7. The van der Waals surface area contributed by atoms with E-state index in [1.165, 1.54) is 0 Å². The number of aryl methyl sites for hydroxylation is 2. The molecule has 1 aliphatic rings. The van der Waals surface area contributed by atoms with Crippen LogP contribution in [-0.2, 0) is 20.0 Å². The van der Waals surface area contributed by atoms with Crippen LogP contribution in [0.15, 0.2) is 24.7 Å². The molecular weight excluding hydrogens is 268 g/mol. The van der Waals surface area contributed by atoms with E-state index < -0.39 is 0 Å². The summed E-state index contributed by atoms with van der Waals surface area (Å²) in [6.45, 7) is 1.66. The number of hydrogen-bond acceptors (Lipinski definition) is 3. The van der Waals surface area contributed by atoms with Gasteiger partial charge in [-0.25, -0.2) is 9.78 Å². The summed E-state index contributed by atoms with van der Waals surface area (Å²) in [7, 11) is 3.64. The fourth-order valence-corrected chi connectivity index (χ4v) is 2.74. The lowest BCUT2D eigenvalue weighted by atomic mass is 9.99. The molecule has 0 unspecified atom stereocenters. The van der Waals surface area contributed by atoms with E-state index in [-0.39, 0.29) is 6.03 Å². The maximum Gasteiger partial charge on any atom is 0.322 e. The molecule has 0 saturated carbocycles. The largest absolute Gasteiger partial charge is 0.335 e. The Morgan fingerprint density at radius 3 is 3.14 bits per heavy atom. The third-order valence-corrected chi connectivity index (χ3v) is 3.86. The molecule has 7 heteroatoms. The molecule has 112 valence electrons. The van der Waals surface area contributed by atoms with Gasteiger partial charge in [-0.15, -0.1) is 0 Å². The number of imidazole rings is 1. The normalized spacial score (nSPS) is 17.3. The van der Waals surface area contributed by atoms with Crippen LogP contribution in [0.4, 0.5) is 10.6 Å². The zero-order valence-corrected chi connectivity index (χ0v) is 12.4. The Balaban J connectivity index is 1.54. The molecule has 0 aromatic carbocycles. The Morgan fingerprint density at radius 1 is 1.52 bits per heavy atom. The lowest BCUT2D eigenvalue weighted by Gasteiger charge is -2.28. The SMILES string of the molecule is CN(C[C@H]1CCc2nccn2C1)C(=O)Nc1ccn(C)n1.